The number of rotatable bonds is 7. The van der Waals surface area contributed by atoms with Crippen molar-refractivity contribution >= 4 is 22.7 Å². The SMILES string of the molecule is CCCc1cc(=O)oc2cc(OCC(=O)Nc3ccnn3C(C)C)ccc12. The molecule has 27 heavy (non-hydrogen) atoms. The lowest BCUT2D eigenvalue weighted by Gasteiger charge is -2.12. The molecule has 7 heteroatoms. The Morgan fingerprint density at radius 1 is 1.30 bits per heavy atom. The predicted octanol–water partition coefficient (Wildman–Crippen LogP) is 3.54. The van der Waals surface area contributed by atoms with Crippen LogP contribution in [0.25, 0.3) is 11.0 Å². The summed E-state index contributed by atoms with van der Waals surface area (Å²) in [6, 6.07) is 8.66. The molecular formula is C20H23N3O4. The zero-order chi connectivity index (χ0) is 19.4. The van der Waals surface area contributed by atoms with Crippen LogP contribution in [0.5, 0.6) is 5.75 Å². The van der Waals surface area contributed by atoms with Crippen LogP contribution in [0.1, 0.15) is 38.8 Å². The largest absolute Gasteiger partial charge is 0.484 e. The molecule has 0 bridgehead atoms. The zero-order valence-electron chi connectivity index (χ0n) is 15.7. The normalized spacial score (nSPS) is 11.1. The van der Waals surface area contributed by atoms with E-state index >= 15 is 0 Å². The molecule has 0 aliphatic carbocycles. The van der Waals surface area contributed by atoms with Crippen LogP contribution in [0.4, 0.5) is 5.82 Å². The quantitative estimate of drug-likeness (QED) is 0.644. The Balaban J connectivity index is 1.70. The highest BCUT2D eigenvalue weighted by atomic mass is 16.5. The molecule has 3 rings (SSSR count). The number of hydrogen-bond donors (Lipinski definition) is 1. The first-order valence-electron chi connectivity index (χ1n) is 9.01. The Labute approximate surface area is 156 Å². The number of anilines is 1. The van der Waals surface area contributed by atoms with Gasteiger partial charge in [0, 0.05) is 29.6 Å². The molecule has 0 unspecified atom stereocenters. The third-order valence-electron chi connectivity index (χ3n) is 4.12. The van der Waals surface area contributed by atoms with Gasteiger partial charge in [-0.2, -0.15) is 5.10 Å². The number of aromatic nitrogens is 2. The van der Waals surface area contributed by atoms with Crippen molar-refractivity contribution in [2.24, 2.45) is 0 Å². The van der Waals surface area contributed by atoms with Gasteiger partial charge in [-0.1, -0.05) is 13.3 Å². The molecule has 0 aliphatic rings. The standard InChI is InChI=1S/C20H23N3O4/c1-4-5-14-10-20(25)27-17-11-15(6-7-16(14)17)26-12-19(24)22-18-8-9-21-23(18)13(2)3/h6-11,13H,4-5,12H2,1-3H3,(H,22,24). The van der Waals surface area contributed by atoms with Gasteiger partial charge < -0.3 is 14.5 Å². The number of carbonyl (C=O) groups excluding carboxylic acids is 1. The predicted molar refractivity (Wildman–Crippen MR) is 103 cm³/mol. The van der Waals surface area contributed by atoms with Gasteiger partial charge in [-0.15, -0.1) is 0 Å². The average Bonchev–Trinajstić information content (AvgIpc) is 3.08. The second kappa shape index (κ2) is 8.07. The maximum Gasteiger partial charge on any atom is 0.336 e. The van der Waals surface area contributed by atoms with E-state index in [-0.39, 0.29) is 24.2 Å². The summed E-state index contributed by atoms with van der Waals surface area (Å²) in [5.41, 5.74) is 1.03. The maximum atomic E-state index is 12.2. The van der Waals surface area contributed by atoms with Crippen molar-refractivity contribution in [1.82, 2.24) is 9.78 Å². The Hall–Kier alpha value is -3.09. The summed E-state index contributed by atoms with van der Waals surface area (Å²) in [6.07, 6.45) is 3.37. The van der Waals surface area contributed by atoms with Gasteiger partial charge in [-0.3, -0.25) is 4.79 Å². The van der Waals surface area contributed by atoms with Gasteiger partial charge in [0.15, 0.2) is 6.61 Å². The molecule has 0 radical (unpaired) electrons. The molecule has 7 nitrogen and oxygen atoms in total. The summed E-state index contributed by atoms with van der Waals surface area (Å²) in [5, 5.41) is 7.83. The molecule has 2 heterocycles. The van der Waals surface area contributed by atoms with Crippen LogP contribution in [-0.4, -0.2) is 22.3 Å². The average molecular weight is 369 g/mol. The molecule has 2 aromatic heterocycles. The van der Waals surface area contributed by atoms with E-state index < -0.39 is 0 Å². The van der Waals surface area contributed by atoms with Crippen molar-refractivity contribution in [3.05, 3.63) is 52.5 Å². The summed E-state index contributed by atoms with van der Waals surface area (Å²) in [6.45, 7) is 5.86. The van der Waals surface area contributed by atoms with Gasteiger partial charge in [0.1, 0.15) is 17.2 Å². The van der Waals surface area contributed by atoms with Crippen LogP contribution in [0, 0.1) is 0 Å². The molecule has 142 valence electrons. The Morgan fingerprint density at radius 2 is 2.11 bits per heavy atom. The molecule has 0 aliphatic heterocycles. The minimum atomic E-state index is -0.386. The van der Waals surface area contributed by atoms with Gasteiger partial charge >= 0.3 is 5.63 Å². The number of ether oxygens (including phenoxy) is 1. The molecule has 0 saturated heterocycles. The summed E-state index contributed by atoms with van der Waals surface area (Å²) in [7, 11) is 0. The second-order valence-electron chi connectivity index (χ2n) is 6.59. The highest BCUT2D eigenvalue weighted by molar-refractivity contribution is 5.91. The van der Waals surface area contributed by atoms with E-state index in [9.17, 15) is 9.59 Å². The smallest absolute Gasteiger partial charge is 0.336 e. The maximum absolute atomic E-state index is 12.2. The topological polar surface area (TPSA) is 86.4 Å². The number of nitrogens with zero attached hydrogens (tertiary/aromatic N) is 2. The van der Waals surface area contributed by atoms with Crippen molar-refractivity contribution in [2.45, 2.75) is 39.7 Å². The van der Waals surface area contributed by atoms with Crippen LogP contribution in [-0.2, 0) is 11.2 Å². The van der Waals surface area contributed by atoms with Gasteiger partial charge in [-0.05, 0) is 38.0 Å². The van der Waals surface area contributed by atoms with Crippen molar-refractivity contribution in [1.29, 1.82) is 0 Å². The third-order valence-corrected chi connectivity index (χ3v) is 4.12. The van der Waals surface area contributed by atoms with E-state index in [0.29, 0.717) is 17.2 Å². The van der Waals surface area contributed by atoms with Crippen molar-refractivity contribution in [2.75, 3.05) is 11.9 Å². The van der Waals surface area contributed by atoms with E-state index in [1.807, 2.05) is 19.9 Å². The summed E-state index contributed by atoms with van der Waals surface area (Å²) in [4.78, 5) is 23.9. The summed E-state index contributed by atoms with van der Waals surface area (Å²) >= 11 is 0. The Kier molecular flexibility index (Phi) is 5.59. The molecule has 0 atom stereocenters. The summed E-state index contributed by atoms with van der Waals surface area (Å²) < 4.78 is 12.6. The molecular weight excluding hydrogens is 346 g/mol. The van der Waals surface area contributed by atoms with E-state index in [1.165, 1.54) is 6.07 Å². The number of nitrogens with one attached hydrogen (secondary N) is 1. The molecule has 1 amide bonds. The molecule has 3 aromatic rings. The second-order valence-corrected chi connectivity index (χ2v) is 6.59. The third kappa shape index (κ3) is 4.36. The number of amides is 1. The Bertz CT molecular complexity index is 1000. The summed E-state index contributed by atoms with van der Waals surface area (Å²) in [5.74, 6) is 0.790. The Morgan fingerprint density at radius 3 is 2.85 bits per heavy atom. The molecule has 0 spiro atoms. The van der Waals surface area contributed by atoms with Crippen LogP contribution in [0.2, 0.25) is 0 Å². The van der Waals surface area contributed by atoms with E-state index in [0.717, 1.165) is 23.8 Å². The first kappa shape index (κ1) is 18.7. The first-order chi connectivity index (χ1) is 13.0. The van der Waals surface area contributed by atoms with Gasteiger partial charge in [0.05, 0.1) is 6.20 Å². The lowest BCUT2D eigenvalue weighted by Crippen LogP contribution is -2.22. The fraction of sp³-hybridized carbons (Fsp3) is 0.350. The molecule has 1 N–H and O–H groups in total. The lowest BCUT2D eigenvalue weighted by atomic mass is 10.1. The fourth-order valence-electron chi connectivity index (χ4n) is 2.93. The molecule has 1 aromatic carbocycles. The highest BCUT2D eigenvalue weighted by Gasteiger charge is 2.11. The molecule has 0 fully saturated rings. The van der Waals surface area contributed by atoms with Crippen molar-refractivity contribution in [3.63, 3.8) is 0 Å². The minimum Gasteiger partial charge on any atom is -0.484 e. The van der Waals surface area contributed by atoms with Crippen molar-refractivity contribution in [3.8, 4) is 5.75 Å². The van der Waals surface area contributed by atoms with E-state index in [2.05, 4.69) is 17.3 Å². The highest BCUT2D eigenvalue weighted by Crippen LogP contribution is 2.23. The first-order valence-corrected chi connectivity index (χ1v) is 9.01. The number of aryl methyl sites for hydroxylation is 1. The monoisotopic (exact) mass is 369 g/mol. The van der Waals surface area contributed by atoms with E-state index in [1.54, 1.807) is 29.1 Å². The van der Waals surface area contributed by atoms with Crippen molar-refractivity contribution < 1.29 is 13.9 Å². The van der Waals surface area contributed by atoms with Crippen LogP contribution >= 0.6 is 0 Å². The zero-order valence-corrected chi connectivity index (χ0v) is 15.7. The van der Waals surface area contributed by atoms with Gasteiger partial charge in [0.2, 0.25) is 0 Å². The van der Waals surface area contributed by atoms with Crippen LogP contribution < -0.4 is 15.7 Å². The van der Waals surface area contributed by atoms with E-state index in [4.69, 9.17) is 9.15 Å². The number of fused-ring (bicyclic) bond motifs is 1. The fourth-order valence-corrected chi connectivity index (χ4v) is 2.93. The minimum absolute atomic E-state index is 0.136. The van der Waals surface area contributed by atoms with Crippen LogP contribution in [0.3, 0.4) is 0 Å². The lowest BCUT2D eigenvalue weighted by molar-refractivity contribution is -0.118. The number of carbonyl (C=O) groups is 1. The van der Waals surface area contributed by atoms with Gasteiger partial charge in [-0.25, -0.2) is 9.48 Å². The molecule has 0 saturated carbocycles. The van der Waals surface area contributed by atoms with Gasteiger partial charge in [0.25, 0.3) is 5.91 Å². The van der Waals surface area contributed by atoms with Crippen LogP contribution in [0.15, 0.2) is 45.7 Å². The number of benzene rings is 1. The number of hydrogen-bond acceptors (Lipinski definition) is 5.